The minimum absolute atomic E-state index is 0.699. The molecule has 0 bridgehead atoms. The van der Waals surface area contributed by atoms with Gasteiger partial charge >= 0.3 is 0 Å². The summed E-state index contributed by atoms with van der Waals surface area (Å²) < 4.78 is 1.30. The predicted octanol–water partition coefficient (Wildman–Crippen LogP) is 4.88. The molecule has 17 heavy (non-hydrogen) atoms. The van der Waals surface area contributed by atoms with Crippen LogP contribution in [0.4, 0.5) is 5.13 Å². The molecular weight excluding hydrogens is 248 g/mol. The minimum atomic E-state index is 0.699. The summed E-state index contributed by atoms with van der Waals surface area (Å²) in [6.07, 6.45) is 9.62. The molecule has 0 aliphatic rings. The SMILES string of the molecule is CCCCCCCCCSc1sc(N)nc1C. The van der Waals surface area contributed by atoms with E-state index in [0.717, 1.165) is 5.69 Å². The number of thioether (sulfide) groups is 1. The molecule has 0 aliphatic heterocycles. The maximum Gasteiger partial charge on any atom is 0.181 e. The molecule has 0 radical (unpaired) electrons. The second-order valence-electron chi connectivity index (χ2n) is 4.39. The summed E-state index contributed by atoms with van der Waals surface area (Å²) in [5.74, 6) is 1.20. The second-order valence-corrected chi connectivity index (χ2v) is 6.79. The molecule has 0 fully saturated rings. The fourth-order valence-electron chi connectivity index (χ4n) is 1.76. The molecule has 0 spiro atoms. The van der Waals surface area contributed by atoms with Gasteiger partial charge < -0.3 is 5.73 Å². The van der Waals surface area contributed by atoms with Gasteiger partial charge in [-0.3, -0.25) is 0 Å². The highest BCUT2D eigenvalue weighted by atomic mass is 32.2. The molecule has 0 aromatic carbocycles. The average Bonchev–Trinajstić information content (AvgIpc) is 2.61. The third-order valence-corrected chi connectivity index (χ3v) is 5.19. The highest BCUT2D eigenvalue weighted by Gasteiger charge is 2.04. The highest BCUT2D eigenvalue weighted by molar-refractivity contribution is 8.01. The molecule has 98 valence electrons. The molecule has 1 heterocycles. The van der Waals surface area contributed by atoms with E-state index in [2.05, 4.69) is 11.9 Å². The van der Waals surface area contributed by atoms with Crippen molar-refractivity contribution in [1.82, 2.24) is 4.98 Å². The van der Waals surface area contributed by atoms with Gasteiger partial charge in [-0.2, -0.15) is 0 Å². The summed E-state index contributed by atoms with van der Waals surface area (Å²) >= 11 is 3.53. The molecule has 2 N–H and O–H groups in total. The van der Waals surface area contributed by atoms with Crippen molar-refractivity contribution >= 4 is 28.2 Å². The molecule has 2 nitrogen and oxygen atoms in total. The van der Waals surface area contributed by atoms with Gasteiger partial charge in [-0.05, 0) is 19.1 Å². The molecule has 0 atom stereocenters. The van der Waals surface area contributed by atoms with Crippen molar-refractivity contribution in [1.29, 1.82) is 0 Å². The van der Waals surface area contributed by atoms with Crippen molar-refractivity contribution in [2.75, 3.05) is 11.5 Å². The Morgan fingerprint density at radius 3 is 2.35 bits per heavy atom. The van der Waals surface area contributed by atoms with Crippen LogP contribution in [0.2, 0.25) is 0 Å². The normalized spacial score (nSPS) is 10.9. The molecule has 0 unspecified atom stereocenters. The van der Waals surface area contributed by atoms with E-state index in [1.165, 1.54) is 54.9 Å². The Morgan fingerprint density at radius 1 is 1.12 bits per heavy atom. The lowest BCUT2D eigenvalue weighted by Crippen LogP contribution is -1.83. The first-order chi connectivity index (χ1) is 8.24. The van der Waals surface area contributed by atoms with Gasteiger partial charge in [0.2, 0.25) is 0 Å². The average molecular weight is 272 g/mol. The number of nitrogens with zero attached hydrogens (tertiary/aromatic N) is 1. The first-order valence-electron chi connectivity index (χ1n) is 6.59. The molecule has 0 amide bonds. The Bertz CT molecular complexity index is 310. The predicted molar refractivity (Wildman–Crippen MR) is 80.0 cm³/mol. The van der Waals surface area contributed by atoms with Gasteiger partial charge in [-0.15, -0.1) is 11.8 Å². The van der Waals surface area contributed by atoms with E-state index in [9.17, 15) is 0 Å². The molecule has 1 rings (SSSR count). The zero-order valence-corrected chi connectivity index (χ0v) is 12.6. The number of thiazole rings is 1. The van der Waals surface area contributed by atoms with Gasteiger partial charge in [0.05, 0.1) is 9.90 Å². The molecule has 0 aliphatic carbocycles. The van der Waals surface area contributed by atoms with Gasteiger partial charge in [-0.1, -0.05) is 56.8 Å². The van der Waals surface area contributed by atoms with E-state index in [4.69, 9.17) is 5.73 Å². The number of nitrogen functional groups attached to an aromatic ring is 1. The third-order valence-electron chi connectivity index (χ3n) is 2.75. The molecule has 4 heteroatoms. The summed E-state index contributed by atoms with van der Waals surface area (Å²) in [6, 6.07) is 0. The Balaban J connectivity index is 1.99. The number of hydrogen-bond acceptors (Lipinski definition) is 4. The van der Waals surface area contributed by atoms with Crippen molar-refractivity contribution in [2.45, 2.75) is 63.0 Å². The fraction of sp³-hybridized carbons (Fsp3) is 0.769. The first-order valence-corrected chi connectivity index (χ1v) is 8.40. The summed E-state index contributed by atoms with van der Waals surface area (Å²) in [5, 5.41) is 0.699. The third kappa shape index (κ3) is 6.32. The number of rotatable bonds is 9. The van der Waals surface area contributed by atoms with E-state index in [-0.39, 0.29) is 0 Å². The van der Waals surface area contributed by atoms with Crippen molar-refractivity contribution in [3.05, 3.63) is 5.69 Å². The number of aromatic nitrogens is 1. The van der Waals surface area contributed by atoms with E-state index >= 15 is 0 Å². The second kappa shape index (κ2) is 8.81. The molecule has 0 saturated heterocycles. The van der Waals surface area contributed by atoms with Crippen LogP contribution in [0.25, 0.3) is 0 Å². The zero-order valence-electron chi connectivity index (χ0n) is 11.0. The van der Waals surface area contributed by atoms with Gasteiger partial charge in [0.1, 0.15) is 0 Å². The van der Waals surface area contributed by atoms with Crippen LogP contribution in [0, 0.1) is 6.92 Å². The summed E-state index contributed by atoms with van der Waals surface area (Å²) in [6.45, 7) is 4.31. The van der Waals surface area contributed by atoms with Crippen LogP contribution in [-0.2, 0) is 0 Å². The van der Waals surface area contributed by atoms with Crippen LogP contribution in [0.1, 0.15) is 57.6 Å². The van der Waals surface area contributed by atoms with Crippen molar-refractivity contribution in [3.8, 4) is 0 Å². The van der Waals surface area contributed by atoms with Gasteiger partial charge in [0.15, 0.2) is 5.13 Å². The van der Waals surface area contributed by atoms with Crippen LogP contribution in [-0.4, -0.2) is 10.7 Å². The summed E-state index contributed by atoms with van der Waals surface area (Å²) in [7, 11) is 0. The van der Waals surface area contributed by atoms with E-state index in [0.29, 0.717) is 5.13 Å². The molecular formula is C13H24N2S2. The monoisotopic (exact) mass is 272 g/mol. The minimum Gasteiger partial charge on any atom is -0.375 e. The van der Waals surface area contributed by atoms with Crippen LogP contribution >= 0.6 is 23.1 Å². The van der Waals surface area contributed by atoms with Gasteiger partial charge in [-0.25, -0.2) is 4.98 Å². The molecule has 1 aromatic rings. The maximum atomic E-state index is 5.67. The van der Waals surface area contributed by atoms with E-state index in [1.54, 1.807) is 11.3 Å². The van der Waals surface area contributed by atoms with E-state index < -0.39 is 0 Å². The standard InChI is InChI=1S/C13H24N2S2/c1-3-4-5-6-7-8-9-10-16-12-11(2)15-13(14)17-12/h3-10H2,1-2H3,(H2,14,15). The van der Waals surface area contributed by atoms with E-state index in [1.807, 2.05) is 18.7 Å². The lowest BCUT2D eigenvalue weighted by atomic mass is 10.1. The number of aryl methyl sites for hydroxylation is 1. The smallest absolute Gasteiger partial charge is 0.181 e. The number of unbranched alkanes of at least 4 members (excludes halogenated alkanes) is 6. The molecule has 0 saturated carbocycles. The van der Waals surface area contributed by atoms with Crippen LogP contribution < -0.4 is 5.73 Å². The quantitative estimate of drug-likeness (QED) is 0.514. The Kier molecular flexibility index (Phi) is 7.69. The maximum absolute atomic E-state index is 5.67. The first kappa shape index (κ1) is 14.8. The summed E-state index contributed by atoms with van der Waals surface area (Å²) in [4.78, 5) is 4.24. The lowest BCUT2D eigenvalue weighted by Gasteiger charge is -2.01. The van der Waals surface area contributed by atoms with Gasteiger partial charge in [0, 0.05) is 0 Å². The Hall–Kier alpha value is -0.220. The van der Waals surface area contributed by atoms with Gasteiger partial charge in [0.25, 0.3) is 0 Å². The van der Waals surface area contributed by atoms with Crippen molar-refractivity contribution in [2.24, 2.45) is 0 Å². The topological polar surface area (TPSA) is 38.9 Å². The lowest BCUT2D eigenvalue weighted by molar-refractivity contribution is 0.603. The number of hydrogen-bond donors (Lipinski definition) is 1. The van der Waals surface area contributed by atoms with Crippen LogP contribution in [0.5, 0.6) is 0 Å². The highest BCUT2D eigenvalue weighted by Crippen LogP contribution is 2.31. The molecule has 1 aromatic heterocycles. The number of anilines is 1. The van der Waals surface area contributed by atoms with Crippen LogP contribution in [0.15, 0.2) is 4.21 Å². The zero-order chi connectivity index (χ0) is 12.5. The van der Waals surface area contributed by atoms with Crippen LogP contribution in [0.3, 0.4) is 0 Å². The Labute approximate surface area is 113 Å². The van der Waals surface area contributed by atoms with Crippen molar-refractivity contribution in [3.63, 3.8) is 0 Å². The number of nitrogens with two attached hydrogens (primary N) is 1. The summed E-state index contributed by atoms with van der Waals surface area (Å²) in [5.41, 5.74) is 6.77. The largest absolute Gasteiger partial charge is 0.375 e. The van der Waals surface area contributed by atoms with Crippen molar-refractivity contribution < 1.29 is 0 Å². The Morgan fingerprint density at radius 2 is 1.76 bits per heavy atom. The fourth-order valence-corrected chi connectivity index (χ4v) is 3.86.